The number of aliphatic hydroxyl groups excluding tert-OH is 1. The third-order valence-corrected chi connectivity index (χ3v) is 2.92. The van der Waals surface area contributed by atoms with Gasteiger partial charge in [-0.2, -0.15) is 0 Å². The maximum Gasteiger partial charge on any atom is 0.191 e. The molecule has 1 rings (SSSR count). The van der Waals surface area contributed by atoms with Gasteiger partial charge < -0.3 is 20.5 Å². The lowest BCUT2D eigenvalue weighted by Gasteiger charge is -2.18. The summed E-state index contributed by atoms with van der Waals surface area (Å²) in [4.78, 5) is 4.40. The van der Waals surface area contributed by atoms with Crippen LogP contribution < -0.4 is 15.4 Å². The number of hydrogen-bond acceptors (Lipinski definition) is 3. The first-order chi connectivity index (χ1) is 10.5. The van der Waals surface area contributed by atoms with E-state index in [9.17, 15) is 4.39 Å². The smallest absolute Gasteiger partial charge is 0.191 e. The highest BCUT2D eigenvalue weighted by molar-refractivity contribution is 5.79. The van der Waals surface area contributed by atoms with Crippen molar-refractivity contribution >= 4 is 5.96 Å². The van der Waals surface area contributed by atoms with E-state index in [0.29, 0.717) is 24.8 Å². The first-order valence-corrected chi connectivity index (χ1v) is 7.60. The Hall–Kier alpha value is -1.82. The highest BCUT2D eigenvalue weighted by Gasteiger charge is 2.06. The third-order valence-electron chi connectivity index (χ3n) is 2.92. The molecular formula is C16H26FN3O2. The number of aliphatic imine (C=N–C) groups is 1. The number of hydrogen-bond donors (Lipinski definition) is 3. The zero-order chi connectivity index (χ0) is 16.4. The monoisotopic (exact) mass is 311 g/mol. The minimum absolute atomic E-state index is 0.0930. The number of guanidine groups is 1. The van der Waals surface area contributed by atoms with Crippen molar-refractivity contribution in [1.82, 2.24) is 10.6 Å². The molecule has 0 aromatic heterocycles. The van der Waals surface area contributed by atoms with Crippen LogP contribution in [0.2, 0.25) is 0 Å². The van der Waals surface area contributed by atoms with Crippen LogP contribution in [0.25, 0.3) is 0 Å². The fourth-order valence-corrected chi connectivity index (χ4v) is 1.67. The Morgan fingerprint density at radius 2 is 1.95 bits per heavy atom. The van der Waals surface area contributed by atoms with Gasteiger partial charge in [0.25, 0.3) is 0 Å². The minimum atomic E-state index is -0.280. The average Bonchev–Trinajstić information content (AvgIpc) is 2.52. The van der Waals surface area contributed by atoms with E-state index in [1.165, 1.54) is 12.1 Å². The van der Waals surface area contributed by atoms with E-state index in [1.54, 1.807) is 12.1 Å². The molecule has 0 spiro atoms. The number of aliphatic hydroxyl groups is 1. The van der Waals surface area contributed by atoms with Crippen molar-refractivity contribution in [3.05, 3.63) is 30.1 Å². The first kappa shape index (κ1) is 18.2. The summed E-state index contributed by atoms with van der Waals surface area (Å²) in [5, 5.41) is 15.4. The fourth-order valence-electron chi connectivity index (χ4n) is 1.67. The zero-order valence-electron chi connectivity index (χ0n) is 13.5. The topological polar surface area (TPSA) is 65.9 Å². The van der Waals surface area contributed by atoms with Gasteiger partial charge in [0.05, 0.1) is 6.54 Å². The average molecular weight is 311 g/mol. The number of halogens is 1. The lowest BCUT2D eigenvalue weighted by atomic mass is 10.2. The lowest BCUT2D eigenvalue weighted by molar-refractivity contribution is 0.223. The van der Waals surface area contributed by atoms with Gasteiger partial charge in [0.1, 0.15) is 17.7 Å². The Morgan fingerprint density at radius 1 is 1.27 bits per heavy atom. The van der Waals surface area contributed by atoms with Crippen LogP contribution in [0.5, 0.6) is 5.75 Å². The highest BCUT2D eigenvalue weighted by atomic mass is 19.1. The van der Waals surface area contributed by atoms with E-state index in [-0.39, 0.29) is 24.4 Å². The van der Waals surface area contributed by atoms with E-state index in [2.05, 4.69) is 15.6 Å². The summed E-state index contributed by atoms with van der Waals surface area (Å²) < 4.78 is 18.5. The van der Waals surface area contributed by atoms with Crippen LogP contribution in [-0.4, -0.2) is 43.4 Å². The molecule has 0 bridgehead atoms. The summed E-state index contributed by atoms with van der Waals surface area (Å²) in [5.74, 6) is 1.17. The van der Waals surface area contributed by atoms with Crippen LogP contribution >= 0.6 is 0 Å². The predicted octanol–water partition coefficient (Wildman–Crippen LogP) is 1.78. The molecule has 124 valence electrons. The van der Waals surface area contributed by atoms with Gasteiger partial charge in [-0.1, -0.05) is 6.92 Å². The third kappa shape index (κ3) is 7.26. The number of ether oxygens (including phenoxy) is 1. The van der Waals surface area contributed by atoms with Gasteiger partial charge in [-0.15, -0.1) is 0 Å². The van der Waals surface area contributed by atoms with E-state index < -0.39 is 0 Å². The molecule has 6 heteroatoms. The molecule has 0 aliphatic carbocycles. The van der Waals surface area contributed by atoms with Crippen LogP contribution in [-0.2, 0) is 0 Å². The first-order valence-electron chi connectivity index (χ1n) is 7.60. The summed E-state index contributed by atoms with van der Waals surface area (Å²) in [7, 11) is 0. The van der Waals surface area contributed by atoms with Gasteiger partial charge in [0, 0.05) is 19.7 Å². The molecule has 22 heavy (non-hydrogen) atoms. The van der Waals surface area contributed by atoms with Crippen LogP contribution in [0.4, 0.5) is 4.39 Å². The van der Waals surface area contributed by atoms with Crippen molar-refractivity contribution in [3.8, 4) is 5.75 Å². The molecule has 0 aliphatic heterocycles. The zero-order valence-corrected chi connectivity index (χ0v) is 13.5. The Kier molecular flexibility index (Phi) is 8.28. The molecule has 3 N–H and O–H groups in total. The van der Waals surface area contributed by atoms with Gasteiger partial charge in [0.15, 0.2) is 5.96 Å². The van der Waals surface area contributed by atoms with E-state index in [4.69, 9.17) is 9.84 Å². The maximum atomic E-state index is 12.8. The van der Waals surface area contributed by atoms with Crippen molar-refractivity contribution in [2.24, 2.45) is 10.9 Å². The van der Waals surface area contributed by atoms with Crippen LogP contribution in [0.1, 0.15) is 20.8 Å². The van der Waals surface area contributed by atoms with Crippen molar-refractivity contribution in [2.45, 2.75) is 26.9 Å². The van der Waals surface area contributed by atoms with Gasteiger partial charge in [-0.3, -0.25) is 4.99 Å². The van der Waals surface area contributed by atoms with Crippen molar-refractivity contribution < 1.29 is 14.2 Å². The molecular weight excluding hydrogens is 285 g/mol. The molecule has 1 aromatic rings. The van der Waals surface area contributed by atoms with Gasteiger partial charge in [-0.25, -0.2) is 4.39 Å². The molecule has 0 radical (unpaired) electrons. The van der Waals surface area contributed by atoms with E-state index >= 15 is 0 Å². The molecule has 0 amide bonds. The number of nitrogens with zero attached hydrogens (tertiary/aromatic N) is 1. The van der Waals surface area contributed by atoms with Crippen molar-refractivity contribution in [2.75, 3.05) is 26.2 Å². The largest absolute Gasteiger partial charge is 0.489 e. The van der Waals surface area contributed by atoms with Gasteiger partial charge in [-0.05, 0) is 44.0 Å². The second kappa shape index (κ2) is 10.00. The quantitative estimate of drug-likeness (QED) is 0.506. The van der Waals surface area contributed by atoms with Crippen LogP contribution in [0.3, 0.4) is 0 Å². The second-order valence-corrected chi connectivity index (χ2v) is 5.27. The second-order valence-electron chi connectivity index (χ2n) is 5.27. The molecule has 2 unspecified atom stereocenters. The van der Waals surface area contributed by atoms with Crippen molar-refractivity contribution in [3.63, 3.8) is 0 Å². The van der Waals surface area contributed by atoms with Crippen LogP contribution in [0, 0.1) is 11.7 Å². The highest BCUT2D eigenvalue weighted by Crippen LogP contribution is 2.12. The standard InChI is InChI=1S/C16H26FN3O2/c1-4-18-16(19-9-12(2)11-21)20-10-13(3)22-15-7-5-14(17)6-8-15/h5-8,12-13,21H,4,9-11H2,1-3H3,(H2,18,19,20). The molecule has 0 heterocycles. The minimum Gasteiger partial charge on any atom is -0.489 e. The molecule has 0 saturated heterocycles. The maximum absolute atomic E-state index is 12.8. The summed E-state index contributed by atoms with van der Waals surface area (Å²) in [6, 6.07) is 5.96. The molecule has 5 nitrogen and oxygen atoms in total. The molecule has 0 saturated carbocycles. The van der Waals surface area contributed by atoms with Crippen molar-refractivity contribution in [1.29, 1.82) is 0 Å². The molecule has 0 fully saturated rings. The van der Waals surface area contributed by atoms with Crippen LogP contribution in [0.15, 0.2) is 29.3 Å². The summed E-state index contributed by atoms with van der Waals surface area (Å²) in [6.45, 7) is 7.85. The summed E-state index contributed by atoms with van der Waals surface area (Å²) in [5.41, 5.74) is 0. The van der Waals surface area contributed by atoms with Gasteiger partial charge >= 0.3 is 0 Å². The number of benzene rings is 1. The van der Waals surface area contributed by atoms with Gasteiger partial charge in [0.2, 0.25) is 0 Å². The fraction of sp³-hybridized carbons (Fsp3) is 0.562. The molecule has 1 aromatic carbocycles. The Balaban J connectivity index is 2.44. The normalized spacial score (nSPS) is 14.3. The molecule has 0 aliphatic rings. The van der Waals surface area contributed by atoms with E-state index in [0.717, 1.165) is 6.54 Å². The number of nitrogens with one attached hydrogen (secondary N) is 2. The summed E-state index contributed by atoms with van der Waals surface area (Å²) >= 11 is 0. The Labute approximate surface area is 131 Å². The Morgan fingerprint density at radius 3 is 2.55 bits per heavy atom. The predicted molar refractivity (Wildman–Crippen MR) is 86.7 cm³/mol. The lowest BCUT2D eigenvalue weighted by Crippen LogP contribution is -2.42. The Bertz CT molecular complexity index is 451. The summed E-state index contributed by atoms with van der Waals surface area (Å²) in [6.07, 6.45) is -0.0930. The van der Waals surface area contributed by atoms with E-state index in [1.807, 2.05) is 20.8 Å². The number of rotatable bonds is 8. The molecule has 2 atom stereocenters. The SMILES string of the molecule is CCNC(=NCC(C)CO)NCC(C)Oc1ccc(F)cc1.